The highest BCUT2D eigenvalue weighted by atomic mass is 35.5. The summed E-state index contributed by atoms with van der Waals surface area (Å²) in [6.45, 7) is 5.53. The molecule has 5 nitrogen and oxygen atoms in total. The Kier molecular flexibility index (Phi) is 8.27. The molecule has 4 rings (SSSR count). The van der Waals surface area contributed by atoms with Crippen LogP contribution in [0.4, 0.5) is 5.69 Å². The van der Waals surface area contributed by atoms with Crippen LogP contribution in [0.3, 0.4) is 0 Å². The number of piperidine rings is 1. The van der Waals surface area contributed by atoms with Gasteiger partial charge < -0.3 is 5.73 Å². The van der Waals surface area contributed by atoms with Crippen molar-refractivity contribution >= 4 is 64.0 Å². The van der Waals surface area contributed by atoms with Gasteiger partial charge in [-0.05, 0) is 74.1 Å². The lowest BCUT2D eigenvalue weighted by molar-refractivity contribution is -0.122. The van der Waals surface area contributed by atoms with Gasteiger partial charge in [0.1, 0.15) is 5.70 Å². The molecule has 0 bridgehead atoms. The van der Waals surface area contributed by atoms with Crippen molar-refractivity contribution < 1.29 is 4.79 Å². The number of hydrogen-bond acceptors (Lipinski definition) is 5. The van der Waals surface area contributed by atoms with E-state index in [-0.39, 0.29) is 11.6 Å². The number of thiophene rings is 1. The van der Waals surface area contributed by atoms with E-state index in [1.165, 1.54) is 6.42 Å². The molecule has 1 saturated carbocycles. The van der Waals surface area contributed by atoms with Crippen LogP contribution in [-0.4, -0.2) is 29.7 Å². The van der Waals surface area contributed by atoms with E-state index in [2.05, 4.69) is 24.1 Å². The van der Waals surface area contributed by atoms with Crippen LogP contribution in [0.1, 0.15) is 48.3 Å². The first-order valence-corrected chi connectivity index (χ1v) is 13.0. The van der Waals surface area contributed by atoms with Gasteiger partial charge in [0, 0.05) is 33.4 Å². The Labute approximate surface area is 214 Å². The number of aliphatic imine (C=N–C) groups is 1. The van der Waals surface area contributed by atoms with E-state index >= 15 is 0 Å². The number of rotatable bonds is 5. The number of hydrogen-bond donors (Lipinski definition) is 2. The highest BCUT2D eigenvalue weighted by Gasteiger charge is 2.25. The monoisotopic (exact) mass is 514 g/mol. The number of hydrazine groups is 1. The molecule has 1 aliphatic carbocycles. The second kappa shape index (κ2) is 11.4. The molecule has 2 heterocycles. The van der Waals surface area contributed by atoms with Crippen molar-refractivity contribution in [1.82, 2.24) is 10.4 Å². The normalized spacial score (nSPS) is 21.0. The maximum absolute atomic E-state index is 13.1. The van der Waals surface area contributed by atoms with Crippen molar-refractivity contribution in [1.29, 1.82) is 0 Å². The fraction of sp³-hybridized carbons (Fsp3) is 0.308. The maximum Gasteiger partial charge on any atom is 0.281 e. The van der Waals surface area contributed by atoms with Gasteiger partial charge in [0.2, 0.25) is 0 Å². The van der Waals surface area contributed by atoms with Crippen molar-refractivity contribution in [3.63, 3.8) is 0 Å². The molecule has 34 heavy (non-hydrogen) atoms. The quantitative estimate of drug-likeness (QED) is 0.432. The minimum Gasteiger partial charge on any atom is -0.394 e. The lowest BCUT2D eigenvalue weighted by Crippen LogP contribution is -2.47. The summed E-state index contributed by atoms with van der Waals surface area (Å²) >= 11 is 14.2. The Bertz CT molecular complexity index is 1180. The fourth-order valence-corrected chi connectivity index (χ4v) is 5.47. The molecule has 0 radical (unpaired) electrons. The highest BCUT2D eigenvalue weighted by Crippen LogP contribution is 2.35. The standard InChI is InChI=1S/C26H28Cl2N4OS/c1-2-19-10-11-20(34-19)15-17-7-6-8-21(24(29)26(33)31-32-13-4-3-5-14-32)25(17)30-23-12-9-18(27)16-22(23)28/h2,9-12,15-16H,1,3-8,13-14,29H2,(H,31,33)/b17-15+,24-21?,30-25?. The van der Waals surface area contributed by atoms with Crippen LogP contribution in [0, 0.1) is 0 Å². The predicted molar refractivity (Wildman–Crippen MR) is 145 cm³/mol. The van der Waals surface area contributed by atoms with Crippen LogP contribution < -0.4 is 11.2 Å². The number of nitrogens with two attached hydrogens (primary N) is 1. The third-order valence-electron chi connectivity index (χ3n) is 5.96. The molecule has 1 aliphatic heterocycles. The fourth-order valence-electron chi connectivity index (χ4n) is 4.19. The SMILES string of the molecule is C=Cc1ccc(/C=C2\CCCC(=C(N)C(=O)NN3CCCCC3)C2=Nc2ccc(Cl)cc2Cl)s1. The molecule has 0 spiro atoms. The molecule has 3 N–H and O–H groups in total. The zero-order valence-electron chi connectivity index (χ0n) is 18.9. The Morgan fingerprint density at radius 1 is 1.09 bits per heavy atom. The van der Waals surface area contributed by atoms with Gasteiger partial charge in [0.05, 0.1) is 16.4 Å². The van der Waals surface area contributed by atoms with Crippen LogP contribution >= 0.6 is 34.5 Å². The molecule has 1 saturated heterocycles. The van der Waals surface area contributed by atoms with E-state index in [0.717, 1.165) is 59.7 Å². The van der Waals surface area contributed by atoms with Crippen LogP contribution in [0.2, 0.25) is 10.0 Å². The van der Waals surface area contributed by atoms with E-state index < -0.39 is 0 Å². The van der Waals surface area contributed by atoms with E-state index in [9.17, 15) is 4.79 Å². The summed E-state index contributed by atoms with van der Waals surface area (Å²) < 4.78 is 0. The third kappa shape index (κ3) is 5.99. The number of carbonyl (C=O) groups excluding carboxylic acids is 1. The second-order valence-electron chi connectivity index (χ2n) is 8.40. The second-order valence-corrected chi connectivity index (χ2v) is 10.4. The van der Waals surface area contributed by atoms with Crippen molar-refractivity contribution in [2.24, 2.45) is 10.7 Å². The van der Waals surface area contributed by atoms with Gasteiger partial charge in [-0.3, -0.25) is 10.2 Å². The van der Waals surface area contributed by atoms with Gasteiger partial charge in [-0.2, -0.15) is 0 Å². The lowest BCUT2D eigenvalue weighted by Gasteiger charge is -2.28. The zero-order valence-corrected chi connectivity index (χ0v) is 21.3. The van der Waals surface area contributed by atoms with Crippen LogP contribution in [-0.2, 0) is 4.79 Å². The predicted octanol–water partition coefficient (Wildman–Crippen LogP) is 6.77. The van der Waals surface area contributed by atoms with Gasteiger partial charge in [0.25, 0.3) is 5.91 Å². The Morgan fingerprint density at radius 2 is 1.85 bits per heavy atom. The molecule has 2 aliphatic rings. The zero-order chi connectivity index (χ0) is 24.1. The Hall–Kier alpha value is -2.38. The molecule has 178 valence electrons. The maximum atomic E-state index is 13.1. The number of nitrogens with one attached hydrogen (secondary N) is 1. The first-order chi connectivity index (χ1) is 16.4. The summed E-state index contributed by atoms with van der Waals surface area (Å²) in [7, 11) is 0. The van der Waals surface area contributed by atoms with E-state index in [0.29, 0.717) is 27.9 Å². The largest absolute Gasteiger partial charge is 0.394 e. The number of halogens is 2. The van der Waals surface area contributed by atoms with E-state index in [4.69, 9.17) is 33.9 Å². The first-order valence-electron chi connectivity index (χ1n) is 11.5. The highest BCUT2D eigenvalue weighted by molar-refractivity contribution is 7.13. The molecule has 8 heteroatoms. The summed E-state index contributed by atoms with van der Waals surface area (Å²) in [6, 6.07) is 9.31. The van der Waals surface area contributed by atoms with Crippen molar-refractivity contribution in [3.8, 4) is 0 Å². The average molecular weight is 516 g/mol. The first kappa shape index (κ1) is 24.7. The number of benzene rings is 1. The van der Waals surface area contributed by atoms with Crippen LogP contribution in [0.5, 0.6) is 0 Å². The summed E-state index contributed by atoms with van der Waals surface area (Å²) in [6.07, 6.45) is 9.66. The minimum absolute atomic E-state index is 0.206. The summed E-state index contributed by atoms with van der Waals surface area (Å²) in [4.78, 5) is 20.2. The van der Waals surface area contributed by atoms with Crippen LogP contribution in [0.15, 0.2) is 58.7 Å². The third-order valence-corrected chi connectivity index (χ3v) is 7.52. The molecule has 2 aromatic rings. The van der Waals surface area contributed by atoms with Gasteiger partial charge in [-0.25, -0.2) is 10.0 Å². The average Bonchev–Trinajstić information content (AvgIpc) is 3.29. The molecule has 1 aromatic carbocycles. The molecule has 1 amide bonds. The smallest absolute Gasteiger partial charge is 0.281 e. The summed E-state index contributed by atoms with van der Waals surface area (Å²) in [5, 5.41) is 2.94. The molecule has 2 fully saturated rings. The summed E-state index contributed by atoms with van der Waals surface area (Å²) in [5.74, 6) is -0.280. The number of nitrogens with zero attached hydrogens (tertiary/aromatic N) is 2. The van der Waals surface area contributed by atoms with Crippen molar-refractivity contribution in [3.05, 3.63) is 73.6 Å². The Morgan fingerprint density at radius 3 is 2.56 bits per heavy atom. The lowest BCUT2D eigenvalue weighted by atomic mass is 9.86. The van der Waals surface area contributed by atoms with Gasteiger partial charge in [0.15, 0.2) is 0 Å². The summed E-state index contributed by atoms with van der Waals surface area (Å²) in [5.41, 5.74) is 12.7. The van der Waals surface area contributed by atoms with E-state index in [1.807, 2.05) is 17.2 Å². The molecular formula is C26H28Cl2N4OS. The van der Waals surface area contributed by atoms with Gasteiger partial charge >= 0.3 is 0 Å². The van der Waals surface area contributed by atoms with Gasteiger partial charge in [-0.15, -0.1) is 11.3 Å². The molecular weight excluding hydrogens is 487 g/mol. The minimum atomic E-state index is -0.280. The van der Waals surface area contributed by atoms with Crippen LogP contribution in [0.25, 0.3) is 12.2 Å². The Balaban J connectivity index is 1.75. The van der Waals surface area contributed by atoms with Crippen molar-refractivity contribution in [2.75, 3.05) is 13.1 Å². The number of carbonyl (C=O) groups is 1. The van der Waals surface area contributed by atoms with E-state index in [1.54, 1.807) is 29.5 Å². The topological polar surface area (TPSA) is 70.7 Å². The number of amides is 1. The number of allylic oxidation sites excluding steroid dienone is 2. The molecule has 0 unspecified atom stereocenters. The molecule has 1 aromatic heterocycles. The van der Waals surface area contributed by atoms with Gasteiger partial charge in [-0.1, -0.05) is 42.3 Å². The van der Waals surface area contributed by atoms with Crippen molar-refractivity contribution in [2.45, 2.75) is 38.5 Å². The molecule has 0 atom stereocenters.